The normalized spacial score (nSPS) is 12.2. The molecule has 0 aliphatic rings. The average Bonchev–Trinajstić information content (AvgIpc) is 3.06. The number of benzene rings is 1. The molecule has 3 rings (SSSR count). The molecule has 0 aliphatic heterocycles. The molecular formula is C22H25NO2S. The highest BCUT2D eigenvalue weighted by Crippen LogP contribution is 2.38. The Bertz CT molecular complexity index is 857. The summed E-state index contributed by atoms with van der Waals surface area (Å²) >= 11 is 1.93. The predicted molar refractivity (Wildman–Crippen MR) is 109 cm³/mol. The van der Waals surface area contributed by atoms with Crippen LogP contribution in [0, 0.1) is 0 Å². The van der Waals surface area contributed by atoms with Crippen molar-refractivity contribution in [2.45, 2.75) is 31.9 Å². The first-order valence-electron chi connectivity index (χ1n) is 9.19. The molecule has 3 nitrogen and oxygen atoms in total. The van der Waals surface area contributed by atoms with E-state index in [4.69, 9.17) is 4.74 Å². The number of unbranched alkanes of at least 4 members (excludes halogenated alkanes) is 1. The molecule has 2 aromatic heterocycles. The van der Waals surface area contributed by atoms with Gasteiger partial charge in [0, 0.05) is 11.9 Å². The van der Waals surface area contributed by atoms with Crippen LogP contribution in [0.4, 0.5) is 0 Å². The minimum atomic E-state index is -0.257. The van der Waals surface area contributed by atoms with Crippen LogP contribution in [0.25, 0.3) is 5.52 Å². The second kappa shape index (κ2) is 8.95. The lowest BCUT2D eigenvalue weighted by Crippen LogP contribution is -2.03. The second-order valence-corrected chi connectivity index (χ2v) is 7.39. The molecule has 136 valence electrons. The predicted octanol–water partition coefficient (Wildman–Crippen LogP) is 5.74. The highest BCUT2D eigenvalue weighted by Gasteiger charge is 2.23. The van der Waals surface area contributed by atoms with Crippen LogP contribution in [0.15, 0.2) is 60.8 Å². The Hall–Kier alpha value is -2.20. The lowest BCUT2D eigenvalue weighted by atomic mass is 10.1. The summed E-state index contributed by atoms with van der Waals surface area (Å²) < 4.78 is 7.40. The van der Waals surface area contributed by atoms with E-state index in [1.165, 1.54) is 18.4 Å². The van der Waals surface area contributed by atoms with Gasteiger partial charge in [0.15, 0.2) is 0 Å². The van der Waals surface area contributed by atoms with E-state index in [9.17, 15) is 4.79 Å². The molecule has 2 heterocycles. The molecule has 0 aliphatic carbocycles. The topological polar surface area (TPSA) is 30.7 Å². The summed E-state index contributed by atoms with van der Waals surface area (Å²) in [6, 6.07) is 18.5. The van der Waals surface area contributed by atoms with E-state index >= 15 is 0 Å². The van der Waals surface area contributed by atoms with Gasteiger partial charge in [0.2, 0.25) is 0 Å². The van der Waals surface area contributed by atoms with Gasteiger partial charge in [0.05, 0.1) is 22.9 Å². The molecular weight excluding hydrogens is 342 g/mol. The van der Waals surface area contributed by atoms with Gasteiger partial charge in [-0.15, -0.1) is 11.8 Å². The molecule has 0 saturated heterocycles. The number of aromatic nitrogens is 1. The van der Waals surface area contributed by atoms with Crippen LogP contribution < -0.4 is 0 Å². The van der Waals surface area contributed by atoms with E-state index in [0.29, 0.717) is 12.2 Å². The number of nitrogens with zero attached hydrogens (tertiary/aromatic N) is 1. The zero-order valence-electron chi connectivity index (χ0n) is 15.4. The molecule has 4 heteroatoms. The Labute approximate surface area is 159 Å². The molecule has 1 unspecified atom stereocenters. The van der Waals surface area contributed by atoms with E-state index < -0.39 is 0 Å². The number of rotatable bonds is 8. The van der Waals surface area contributed by atoms with Crippen molar-refractivity contribution in [3.05, 3.63) is 77.6 Å². The number of carbonyl (C=O) groups excluding carboxylic acids is 1. The molecule has 1 aromatic carbocycles. The first-order chi connectivity index (χ1) is 12.8. The first-order valence-corrected chi connectivity index (χ1v) is 10.2. The lowest BCUT2D eigenvalue weighted by Gasteiger charge is -2.17. The SMILES string of the molecule is CCCCSC(c1ccccc1)c1cc(C(=O)OCC)c2ccccn12. The Balaban J connectivity index is 2.08. The minimum absolute atomic E-state index is 0.181. The molecule has 1 atom stereocenters. The lowest BCUT2D eigenvalue weighted by molar-refractivity contribution is 0.0529. The third-order valence-corrected chi connectivity index (χ3v) is 5.73. The number of thioether (sulfide) groups is 1. The third kappa shape index (κ3) is 3.96. The number of pyridine rings is 1. The van der Waals surface area contributed by atoms with Crippen molar-refractivity contribution in [1.29, 1.82) is 0 Å². The van der Waals surface area contributed by atoms with E-state index in [2.05, 4.69) is 35.6 Å². The monoisotopic (exact) mass is 367 g/mol. The number of ether oxygens (including phenoxy) is 1. The largest absolute Gasteiger partial charge is 0.462 e. The number of hydrogen-bond acceptors (Lipinski definition) is 3. The smallest absolute Gasteiger partial charge is 0.340 e. The van der Waals surface area contributed by atoms with Gasteiger partial charge in [0.25, 0.3) is 0 Å². The summed E-state index contributed by atoms with van der Waals surface area (Å²) in [5.74, 6) is 0.832. The fourth-order valence-electron chi connectivity index (χ4n) is 3.08. The Kier molecular flexibility index (Phi) is 6.40. The van der Waals surface area contributed by atoms with E-state index in [-0.39, 0.29) is 11.2 Å². The van der Waals surface area contributed by atoms with Crippen LogP contribution in [0.2, 0.25) is 0 Å². The van der Waals surface area contributed by atoms with Gasteiger partial charge in [-0.25, -0.2) is 4.79 Å². The maximum atomic E-state index is 12.4. The standard InChI is InChI=1S/C22H25NO2S/c1-3-5-15-26-21(17-11-7-6-8-12-17)20-16-18(22(24)25-4-2)19-13-9-10-14-23(19)20/h6-14,16,21H,3-5,15H2,1-2H3. The van der Waals surface area contributed by atoms with Crippen LogP contribution in [-0.4, -0.2) is 22.7 Å². The van der Waals surface area contributed by atoms with E-state index in [0.717, 1.165) is 17.0 Å². The Morgan fingerprint density at radius 3 is 2.62 bits per heavy atom. The van der Waals surface area contributed by atoms with E-state index in [1.54, 1.807) is 0 Å². The van der Waals surface area contributed by atoms with Crippen molar-refractivity contribution in [3.8, 4) is 0 Å². The summed E-state index contributed by atoms with van der Waals surface area (Å²) in [6.07, 6.45) is 4.39. The third-order valence-electron chi connectivity index (χ3n) is 4.35. The zero-order chi connectivity index (χ0) is 18.4. The Morgan fingerprint density at radius 2 is 1.88 bits per heavy atom. The van der Waals surface area contributed by atoms with Gasteiger partial charge in [0.1, 0.15) is 0 Å². The summed E-state index contributed by atoms with van der Waals surface area (Å²) in [6.45, 7) is 4.43. The number of fused-ring (bicyclic) bond motifs is 1. The quantitative estimate of drug-likeness (QED) is 0.376. The molecule has 0 bridgehead atoms. The molecule has 26 heavy (non-hydrogen) atoms. The molecule has 0 spiro atoms. The average molecular weight is 368 g/mol. The molecule has 0 N–H and O–H groups in total. The summed E-state index contributed by atoms with van der Waals surface area (Å²) in [5, 5.41) is 0.181. The zero-order valence-corrected chi connectivity index (χ0v) is 16.2. The first kappa shape index (κ1) is 18.6. The van der Waals surface area contributed by atoms with Crippen molar-refractivity contribution in [2.24, 2.45) is 0 Å². The summed E-state index contributed by atoms with van der Waals surface area (Å²) in [7, 11) is 0. The maximum absolute atomic E-state index is 12.4. The van der Waals surface area contributed by atoms with Gasteiger partial charge in [-0.1, -0.05) is 49.7 Å². The van der Waals surface area contributed by atoms with Gasteiger partial charge in [-0.2, -0.15) is 0 Å². The number of esters is 1. The van der Waals surface area contributed by atoms with Crippen molar-refractivity contribution in [2.75, 3.05) is 12.4 Å². The summed E-state index contributed by atoms with van der Waals surface area (Å²) in [5.41, 5.74) is 3.92. The van der Waals surface area contributed by atoms with Crippen LogP contribution >= 0.6 is 11.8 Å². The van der Waals surface area contributed by atoms with Gasteiger partial charge >= 0.3 is 5.97 Å². The Morgan fingerprint density at radius 1 is 1.12 bits per heavy atom. The highest BCUT2D eigenvalue weighted by atomic mass is 32.2. The van der Waals surface area contributed by atoms with Crippen molar-refractivity contribution in [3.63, 3.8) is 0 Å². The van der Waals surface area contributed by atoms with Crippen molar-refractivity contribution < 1.29 is 9.53 Å². The van der Waals surface area contributed by atoms with Crippen molar-refractivity contribution in [1.82, 2.24) is 4.40 Å². The minimum Gasteiger partial charge on any atom is -0.462 e. The van der Waals surface area contributed by atoms with Gasteiger partial charge < -0.3 is 9.14 Å². The molecule has 3 aromatic rings. The number of hydrogen-bond donors (Lipinski definition) is 0. The molecule has 0 amide bonds. The maximum Gasteiger partial charge on any atom is 0.340 e. The molecule has 0 fully saturated rings. The fraction of sp³-hybridized carbons (Fsp3) is 0.318. The van der Waals surface area contributed by atoms with Crippen LogP contribution in [0.3, 0.4) is 0 Å². The molecule has 0 saturated carbocycles. The second-order valence-electron chi connectivity index (χ2n) is 6.17. The number of carbonyl (C=O) groups is 1. The van der Waals surface area contributed by atoms with Crippen LogP contribution in [0.5, 0.6) is 0 Å². The molecule has 0 radical (unpaired) electrons. The van der Waals surface area contributed by atoms with Gasteiger partial charge in [-0.05, 0) is 42.9 Å². The highest BCUT2D eigenvalue weighted by molar-refractivity contribution is 7.99. The van der Waals surface area contributed by atoms with Crippen LogP contribution in [-0.2, 0) is 4.74 Å². The van der Waals surface area contributed by atoms with Crippen LogP contribution in [0.1, 0.15) is 53.6 Å². The van der Waals surface area contributed by atoms with E-state index in [1.807, 2.05) is 55.2 Å². The fourth-order valence-corrected chi connectivity index (χ4v) is 4.47. The summed E-state index contributed by atoms with van der Waals surface area (Å²) in [4.78, 5) is 12.4. The van der Waals surface area contributed by atoms with Crippen molar-refractivity contribution >= 4 is 23.2 Å². The van der Waals surface area contributed by atoms with Gasteiger partial charge in [-0.3, -0.25) is 0 Å².